The van der Waals surface area contributed by atoms with Gasteiger partial charge in [-0.25, -0.2) is 0 Å². The van der Waals surface area contributed by atoms with E-state index in [2.05, 4.69) is 41.0 Å². The number of aromatic nitrogens is 3. The normalized spacial score (nSPS) is 15.6. The molecule has 6 nitrogen and oxygen atoms in total. The molecule has 3 heterocycles. The molecule has 0 atom stereocenters. The van der Waals surface area contributed by atoms with Gasteiger partial charge in [0, 0.05) is 35.6 Å². The lowest BCUT2D eigenvalue weighted by Crippen LogP contribution is -2.25. The molecule has 2 N–H and O–H groups in total. The summed E-state index contributed by atoms with van der Waals surface area (Å²) in [5.41, 5.74) is 13.8. The van der Waals surface area contributed by atoms with E-state index in [0.29, 0.717) is 0 Å². The van der Waals surface area contributed by atoms with Crippen molar-refractivity contribution in [3.05, 3.63) is 59.7 Å². The fourth-order valence-electron chi connectivity index (χ4n) is 5.52. The molecule has 6 heteroatoms. The maximum absolute atomic E-state index is 11.3. The molecule has 0 bridgehead atoms. The van der Waals surface area contributed by atoms with Crippen LogP contribution in [-0.2, 0) is 17.8 Å². The van der Waals surface area contributed by atoms with Crippen molar-refractivity contribution in [1.29, 1.82) is 0 Å². The highest BCUT2D eigenvalue weighted by Gasteiger charge is 2.28. The van der Waals surface area contributed by atoms with Gasteiger partial charge in [0.2, 0.25) is 5.91 Å². The second kappa shape index (κ2) is 8.75. The molecule has 1 amide bonds. The Labute approximate surface area is 200 Å². The molecular formula is C28H32N4O2. The number of aryl methyl sites for hydroxylation is 2. The Bertz CT molecular complexity index is 1320. The van der Waals surface area contributed by atoms with E-state index in [4.69, 9.17) is 15.2 Å². The minimum atomic E-state index is -0.321. The number of carbonyl (C=O) groups is 1. The Morgan fingerprint density at radius 2 is 1.85 bits per heavy atom. The number of hydrogen-bond acceptors (Lipinski definition) is 4. The van der Waals surface area contributed by atoms with Crippen molar-refractivity contribution in [3.8, 4) is 22.3 Å². The topological polar surface area (TPSA) is 86.9 Å². The molecule has 1 aromatic carbocycles. The van der Waals surface area contributed by atoms with Crippen LogP contribution in [0.5, 0.6) is 0 Å². The van der Waals surface area contributed by atoms with E-state index in [1.807, 2.05) is 32.2 Å². The van der Waals surface area contributed by atoms with Crippen LogP contribution in [0.3, 0.4) is 0 Å². The monoisotopic (exact) mass is 456 g/mol. The predicted octanol–water partition coefficient (Wildman–Crippen LogP) is 5.97. The average molecular weight is 457 g/mol. The Morgan fingerprint density at radius 1 is 1.12 bits per heavy atom. The highest BCUT2D eigenvalue weighted by atomic mass is 16.5. The number of pyridine rings is 1. The van der Waals surface area contributed by atoms with Gasteiger partial charge in [-0.2, -0.15) is 0 Å². The third-order valence-electron chi connectivity index (χ3n) is 7.30. The summed E-state index contributed by atoms with van der Waals surface area (Å²) in [5.74, 6) is 0.486. The number of benzene rings is 1. The van der Waals surface area contributed by atoms with Crippen LogP contribution < -0.4 is 5.73 Å². The summed E-state index contributed by atoms with van der Waals surface area (Å²) in [7, 11) is 0. The van der Waals surface area contributed by atoms with Gasteiger partial charge >= 0.3 is 0 Å². The highest BCUT2D eigenvalue weighted by Crippen LogP contribution is 2.40. The molecule has 0 aliphatic heterocycles. The Morgan fingerprint density at radius 3 is 2.50 bits per heavy atom. The third-order valence-corrected chi connectivity index (χ3v) is 7.30. The van der Waals surface area contributed by atoms with E-state index in [9.17, 15) is 4.79 Å². The second-order valence-electron chi connectivity index (χ2n) is 10.2. The fourth-order valence-corrected chi connectivity index (χ4v) is 5.52. The van der Waals surface area contributed by atoms with Crippen LogP contribution in [0, 0.1) is 19.3 Å². The standard InChI is InChI=1S/C28H32N4O2/c1-18-26(19(2)34-31-18)22-14-24-27(30-15-22)23(21-9-7-20(8-10-21)13-25(29)33)16-32(24)17-28(3)11-5-4-6-12-28/h7-10,14-16H,4-6,11-13,17H2,1-3H3,(H2,29,33). The Hall–Kier alpha value is -3.41. The van der Waals surface area contributed by atoms with E-state index >= 15 is 0 Å². The van der Waals surface area contributed by atoms with Crippen LogP contribution in [0.15, 0.2) is 47.2 Å². The number of amides is 1. The minimum Gasteiger partial charge on any atom is -0.369 e. The van der Waals surface area contributed by atoms with Crippen molar-refractivity contribution in [1.82, 2.24) is 14.7 Å². The molecule has 1 saturated carbocycles. The summed E-state index contributed by atoms with van der Waals surface area (Å²) in [6.45, 7) is 7.30. The smallest absolute Gasteiger partial charge is 0.221 e. The van der Waals surface area contributed by atoms with Crippen LogP contribution >= 0.6 is 0 Å². The van der Waals surface area contributed by atoms with Crippen molar-refractivity contribution < 1.29 is 9.32 Å². The SMILES string of the molecule is Cc1noc(C)c1-c1cnc2c(-c3ccc(CC(N)=O)cc3)cn(CC3(C)CCCCC3)c2c1. The number of fused-ring (bicyclic) bond motifs is 1. The van der Waals surface area contributed by atoms with Crippen molar-refractivity contribution in [2.24, 2.45) is 11.1 Å². The molecule has 0 radical (unpaired) electrons. The largest absolute Gasteiger partial charge is 0.369 e. The zero-order valence-electron chi connectivity index (χ0n) is 20.2. The van der Waals surface area contributed by atoms with Gasteiger partial charge < -0.3 is 14.8 Å². The summed E-state index contributed by atoms with van der Waals surface area (Å²) in [5, 5.41) is 4.14. The quantitative estimate of drug-likeness (QED) is 0.387. The number of rotatable bonds is 6. The molecule has 34 heavy (non-hydrogen) atoms. The fraction of sp³-hybridized carbons (Fsp3) is 0.393. The van der Waals surface area contributed by atoms with Gasteiger partial charge in [-0.05, 0) is 49.3 Å². The van der Waals surface area contributed by atoms with Crippen LogP contribution in [0.4, 0.5) is 0 Å². The van der Waals surface area contributed by atoms with E-state index in [0.717, 1.165) is 56.8 Å². The molecule has 3 aromatic heterocycles. The summed E-state index contributed by atoms with van der Waals surface area (Å²) in [6.07, 6.45) is 10.9. The van der Waals surface area contributed by atoms with Crippen molar-refractivity contribution in [3.63, 3.8) is 0 Å². The van der Waals surface area contributed by atoms with Gasteiger partial charge in [0.05, 0.1) is 23.1 Å². The summed E-state index contributed by atoms with van der Waals surface area (Å²) in [6, 6.07) is 10.3. The van der Waals surface area contributed by atoms with E-state index in [-0.39, 0.29) is 17.7 Å². The van der Waals surface area contributed by atoms with Gasteiger partial charge in [0.15, 0.2) is 0 Å². The third kappa shape index (κ3) is 4.25. The first-order valence-electron chi connectivity index (χ1n) is 12.1. The molecule has 176 valence electrons. The van der Waals surface area contributed by atoms with Crippen molar-refractivity contribution in [2.45, 2.75) is 65.8 Å². The van der Waals surface area contributed by atoms with Gasteiger partial charge in [0.25, 0.3) is 0 Å². The van der Waals surface area contributed by atoms with Crippen molar-refractivity contribution in [2.75, 3.05) is 0 Å². The van der Waals surface area contributed by atoms with Crippen LogP contribution in [-0.4, -0.2) is 20.6 Å². The molecule has 0 spiro atoms. The molecule has 0 saturated heterocycles. The van der Waals surface area contributed by atoms with Gasteiger partial charge in [-0.15, -0.1) is 0 Å². The molecule has 5 rings (SSSR count). The molecular weight excluding hydrogens is 424 g/mol. The number of carbonyl (C=O) groups excluding carboxylic acids is 1. The number of primary amides is 1. The first-order valence-corrected chi connectivity index (χ1v) is 12.1. The van der Waals surface area contributed by atoms with Gasteiger partial charge in [-0.1, -0.05) is 55.6 Å². The van der Waals surface area contributed by atoms with Crippen LogP contribution in [0.25, 0.3) is 33.3 Å². The van der Waals surface area contributed by atoms with E-state index in [1.54, 1.807) is 0 Å². The lowest BCUT2D eigenvalue weighted by atomic mass is 9.75. The molecule has 4 aromatic rings. The summed E-state index contributed by atoms with van der Waals surface area (Å²) >= 11 is 0. The van der Waals surface area contributed by atoms with E-state index in [1.165, 1.54) is 32.1 Å². The first-order chi connectivity index (χ1) is 16.3. The highest BCUT2D eigenvalue weighted by molar-refractivity contribution is 5.95. The number of nitrogens with two attached hydrogens (primary N) is 1. The minimum absolute atomic E-state index is 0.249. The molecule has 1 fully saturated rings. The molecule has 0 unspecified atom stereocenters. The summed E-state index contributed by atoms with van der Waals surface area (Å²) in [4.78, 5) is 16.2. The Kier molecular flexibility index (Phi) is 5.76. The zero-order chi connectivity index (χ0) is 23.9. The second-order valence-corrected chi connectivity index (χ2v) is 10.2. The van der Waals surface area contributed by atoms with Gasteiger partial charge in [-0.3, -0.25) is 9.78 Å². The maximum Gasteiger partial charge on any atom is 0.221 e. The van der Waals surface area contributed by atoms with Crippen LogP contribution in [0.2, 0.25) is 0 Å². The number of hydrogen-bond donors (Lipinski definition) is 1. The van der Waals surface area contributed by atoms with Crippen LogP contribution in [0.1, 0.15) is 56.0 Å². The van der Waals surface area contributed by atoms with E-state index < -0.39 is 0 Å². The Balaban J connectivity index is 1.62. The lowest BCUT2D eigenvalue weighted by molar-refractivity contribution is -0.117. The maximum atomic E-state index is 11.3. The molecule has 1 aliphatic carbocycles. The predicted molar refractivity (Wildman–Crippen MR) is 134 cm³/mol. The number of nitrogens with zero attached hydrogens (tertiary/aromatic N) is 3. The first kappa shape index (κ1) is 22.4. The summed E-state index contributed by atoms with van der Waals surface area (Å²) < 4.78 is 7.82. The van der Waals surface area contributed by atoms with Crippen molar-refractivity contribution >= 4 is 16.9 Å². The molecule has 1 aliphatic rings. The average Bonchev–Trinajstić information content (AvgIpc) is 3.33. The zero-order valence-corrected chi connectivity index (χ0v) is 20.2. The van der Waals surface area contributed by atoms with Gasteiger partial charge in [0.1, 0.15) is 5.76 Å². The lowest BCUT2D eigenvalue weighted by Gasteiger charge is -2.34.